The number of aliphatic imine (C=N–C) groups is 1. The second-order valence-corrected chi connectivity index (χ2v) is 7.31. The van der Waals surface area contributed by atoms with Gasteiger partial charge in [-0.05, 0) is 37.3 Å². The number of ether oxygens (including phenoxy) is 1. The maximum absolute atomic E-state index is 5.17. The van der Waals surface area contributed by atoms with Crippen molar-refractivity contribution in [1.82, 2.24) is 20.5 Å². The zero-order chi connectivity index (χ0) is 19.1. The standard InChI is InChI=1S/C21H33N5O/c1-16-5-4-6-19-17(15-24-20(16)19)7-10-23-21(22-2)25-18-8-11-26(12-9-18)13-14-27-3/h4-6,15,18,24H,7-14H2,1-3H3,(H2,22,23,25). The minimum Gasteiger partial charge on any atom is -0.383 e. The Kier molecular flexibility index (Phi) is 7.12. The van der Waals surface area contributed by atoms with Gasteiger partial charge in [0.25, 0.3) is 0 Å². The Balaban J connectivity index is 1.44. The van der Waals surface area contributed by atoms with E-state index < -0.39 is 0 Å². The van der Waals surface area contributed by atoms with Gasteiger partial charge in [0.2, 0.25) is 0 Å². The Bertz CT molecular complexity index is 746. The monoisotopic (exact) mass is 371 g/mol. The molecule has 3 rings (SSSR count). The van der Waals surface area contributed by atoms with Crippen molar-refractivity contribution in [3.05, 3.63) is 35.5 Å². The van der Waals surface area contributed by atoms with Gasteiger partial charge in [-0.15, -0.1) is 0 Å². The molecule has 27 heavy (non-hydrogen) atoms. The lowest BCUT2D eigenvalue weighted by molar-refractivity contribution is 0.128. The lowest BCUT2D eigenvalue weighted by atomic mass is 10.1. The molecule has 2 heterocycles. The summed E-state index contributed by atoms with van der Waals surface area (Å²) in [4.78, 5) is 10.3. The molecule has 0 atom stereocenters. The number of aromatic nitrogens is 1. The van der Waals surface area contributed by atoms with Crippen LogP contribution in [0.1, 0.15) is 24.0 Å². The first-order valence-electron chi connectivity index (χ1n) is 9.95. The highest BCUT2D eigenvalue weighted by atomic mass is 16.5. The minimum absolute atomic E-state index is 0.491. The van der Waals surface area contributed by atoms with E-state index in [-0.39, 0.29) is 0 Å². The molecule has 0 radical (unpaired) electrons. The van der Waals surface area contributed by atoms with Gasteiger partial charge in [0.15, 0.2) is 5.96 Å². The number of hydrogen-bond acceptors (Lipinski definition) is 3. The first-order chi connectivity index (χ1) is 13.2. The van der Waals surface area contributed by atoms with Crippen LogP contribution in [0.4, 0.5) is 0 Å². The number of rotatable bonds is 7. The van der Waals surface area contributed by atoms with Crippen LogP contribution in [0.3, 0.4) is 0 Å². The van der Waals surface area contributed by atoms with Crippen molar-refractivity contribution < 1.29 is 4.74 Å². The number of guanidine groups is 1. The van der Waals surface area contributed by atoms with Crippen molar-refractivity contribution in [2.75, 3.05) is 46.9 Å². The Labute approximate surface area is 162 Å². The van der Waals surface area contributed by atoms with Crippen molar-refractivity contribution in [3.8, 4) is 0 Å². The van der Waals surface area contributed by atoms with Crippen LogP contribution < -0.4 is 10.6 Å². The normalized spacial score (nSPS) is 16.8. The molecule has 6 heteroatoms. The summed E-state index contributed by atoms with van der Waals surface area (Å²) in [7, 11) is 3.61. The molecular weight excluding hydrogens is 338 g/mol. The predicted molar refractivity (Wildman–Crippen MR) is 113 cm³/mol. The second-order valence-electron chi connectivity index (χ2n) is 7.31. The van der Waals surface area contributed by atoms with Crippen LogP contribution in [0.2, 0.25) is 0 Å². The number of piperidine rings is 1. The fraction of sp³-hybridized carbons (Fsp3) is 0.571. The number of H-pyrrole nitrogens is 1. The van der Waals surface area contributed by atoms with Crippen LogP contribution in [-0.2, 0) is 11.2 Å². The number of aryl methyl sites for hydroxylation is 1. The van der Waals surface area contributed by atoms with E-state index in [1.165, 1.54) is 22.0 Å². The topological polar surface area (TPSA) is 64.7 Å². The molecule has 6 nitrogen and oxygen atoms in total. The summed E-state index contributed by atoms with van der Waals surface area (Å²) >= 11 is 0. The highest BCUT2D eigenvalue weighted by Crippen LogP contribution is 2.21. The number of aromatic amines is 1. The van der Waals surface area contributed by atoms with Crippen LogP contribution in [0, 0.1) is 6.92 Å². The van der Waals surface area contributed by atoms with Crippen molar-refractivity contribution in [2.24, 2.45) is 4.99 Å². The molecule has 1 aromatic carbocycles. The van der Waals surface area contributed by atoms with Crippen LogP contribution >= 0.6 is 0 Å². The number of nitrogens with zero attached hydrogens (tertiary/aromatic N) is 2. The maximum atomic E-state index is 5.17. The molecule has 0 spiro atoms. The van der Waals surface area contributed by atoms with Gasteiger partial charge < -0.3 is 25.3 Å². The van der Waals surface area contributed by atoms with E-state index in [0.29, 0.717) is 6.04 Å². The lowest BCUT2D eigenvalue weighted by Gasteiger charge is -2.32. The molecular formula is C21H33N5O. The largest absolute Gasteiger partial charge is 0.383 e. The molecule has 3 N–H and O–H groups in total. The van der Waals surface area contributed by atoms with Gasteiger partial charge in [0.1, 0.15) is 0 Å². The first kappa shape index (κ1) is 19.7. The van der Waals surface area contributed by atoms with E-state index in [2.05, 4.69) is 56.8 Å². The van der Waals surface area contributed by atoms with Crippen LogP contribution in [0.25, 0.3) is 10.9 Å². The molecule has 1 aliphatic rings. The molecule has 148 valence electrons. The highest BCUT2D eigenvalue weighted by molar-refractivity contribution is 5.86. The van der Waals surface area contributed by atoms with E-state index >= 15 is 0 Å². The summed E-state index contributed by atoms with van der Waals surface area (Å²) in [6.45, 7) is 7.09. The Morgan fingerprint density at radius 3 is 2.89 bits per heavy atom. The van der Waals surface area contributed by atoms with E-state index in [1.54, 1.807) is 7.11 Å². The van der Waals surface area contributed by atoms with E-state index in [1.807, 2.05) is 7.05 Å². The number of hydrogen-bond donors (Lipinski definition) is 3. The molecule has 0 unspecified atom stereocenters. The summed E-state index contributed by atoms with van der Waals surface area (Å²) in [5, 5.41) is 8.38. The van der Waals surface area contributed by atoms with E-state index in [0.717, 1.165) is 58.0 Å². The number of fused-ring (bicyclic) bond motifs is 1. The Hall–Kier alpha value is -2.05. The molecule has 1 aromatic heterocycles. The quantitative estimate of drug-likeness (QED) is 0.516. The zero-order valence-corrected chi connectivity index (χ0v) is 16.8. The Morgan fingerprint density at radius 2 is 2.15 bits per heavy atom. The van der Waals surface area contributed by atoms with Gasteiger partial charge in [0, 0.05) is 63.5 Å². The van der Waals surface area contributed by atoms with E-state index in [9.17, 15) is 0 Å². The summed E-state index contributed by atoms with van der Waals surface area (Å²) in [6.07, 6.45) is 5.39. The van der Waals surface area contributed by atoms with Crippen molar-refractivity contribution in [3.63, 3.8) is 0 Å². The first-order valence-corrected chi connectivity index (χ1v) is 9.95. The summed E-state index contributed by atoms with van der Waals surface area (Å²) in [5.74, 6) is 0.904. The lowest BCUT2D eigenvalue weighted by Crippen LogP contribution is -2.49. The number of para-hydroxylation sites is 1. The molecule has 0 saturated carbocycles. The van der Waals surface area contributed by atoms with Gasteiger partial charge in [-0.2, -0.15) is 0 Å². The average Bonchev–Trinajstić information content (AvgIpc) is 3.11. The molecule has 0 aliphatic carbocycles. The smallest absolute Gasteiger partial charge is 0.191 e. The predicted octanol–water partition coefficient (Wildman–Crippen LogP) is 2.29. The number of likely N-dealkylation sites (tertiary alicyclic amines) is 1. The minimum atomic E-state index is 0.491. The van der Waals surface area contributed by atoms with Gasteiger partial charge in [-0.3, -0.25) is 4.99 Å². The number of methoxy groups -OCH3 is 1. The Morgan fingerprint density at radius 1 is 1.33 bits per heavy atom. The SMILES string of the molecule is CN=C(NCCc1c[nH]c2c(C)cccc12)NC1CCN(CCOC)CC1. The molecule has 0 bridgehead atoms. The van der Waals surface area contributed by atoms with Gasteiger partial charge in [0.05, 0.1) is 6.61 Å². The van der Waals surface area contributed by atoms with Crippen molar-refractivity contribution >= 4 is 16.9 Å². The zero-order valence-electron chi connectivity index (χ0n) is 16.8. The third kappa shape index (κ3) is 5.23. The fourth-order valence-corrected chi connectivity index (χ4v) is 3.80. The number of nitrogens with one attached hydrogen (secondary N) is 3. The third-order valence-electron chi connectivity index (χ3n) is 5.46. The molecule has 1 aliphatic heterocycles. The molecule has 2 aromatic rings. The third-order valence-corrected chi connectivity index (χ3v) is 5.46. The molecule has 0 amide bonds. The maximum Gasteiger partial charge on any atom is 0.191 e. The van der Waals surface area contributed by atoms with Gasteiger partial charge >= 0.3 is 0 Å². The summed E-state index contributed by atoms with van der Waals surface area (Å²) in [5.41, 5.74) is 3.89. The molecule has 1 saturated heterocycles. The van der Waals surface area contributed by atoms with Crippen molar-refractivity contribution in [1.29, 1.82) is 0 Å². The van der Waals surface area contributed by atoms with Gasteiger partial charge in [-0.1, -0.05) is 18.2 Å². The highest BCUT2D eigenvalue weighted by Gasteiger charge is 2.19. The summed E-state index contributed by atoms with van der Waals surface area (Å²) < 4.78 is 5.17. The average molecular weight is 372 g/mol. The van der Waals surface area contributed by atoms with Crippen molar-refractivity contribution in [2.45, 2.75) is 32.2 Å². The summed E-state index contributed by atoms with van der Waals surface area (Å²) in [6, 6.07) is 6.96. The van der Waals surface area contributed by atoms with Crippen LogP contribution in [-0.4, -0.2) is 68.8 Å². The second kappa shape index (κ2) is 9.76. The van der Waals surface area contributed by atoms with Gasteiger partial charge in [-0.25, -0.2) is 0 Å². The van der Waals surface area contributed by atoms with Crippen LogP contribution in [0.15, 0.2) is 29.4 Å². The number of benzene rings is 1. The van der Waals surface area contributed by atoms with E-state index in [4.69, 9.17) is 4.74 Å². The van der Waals surface area contributed by atoms with Crippen LogP contribution in [0.5, 0.6) is 0 Å². The molecule has 1 fully saturated rings. The fourth-order valence-electron chi connectivity index (χ4n) is 3.80.